The maximum Gasteiger partial charge on any atom is 0.387 e. The van der Waals surface area contributed by atoms with Gasteiger partial charge in [0.15, 0.2) is 22.5 Å². The van der Waals surface area contributed by atoms with Crippen LogP contribution in [0.15, 0.2) is 71.9 Å². The maximum atomic E-state index is 12.6. The molecule has 0 N–H and O–H groups in total. The van der Waals surface area contributed by atoms with E-state index in [2.05, 4.69) is 14.9 Å². The molecule has 10 heteroatoms. The summed E-state index contributed by atoms with van der Waals surface area (Å²) in [6.07, 6.45) is 0. The van der Waals surface area contributed by atoms with Gasteiger partial charge in [0.1, 0.15) is 11.5 Å². The minimum absolute atomic E-state index is 0.0175. The fraction of sp³-hybridized carbons (Fsp3) is 0.200. The van der Waals surface area contributed by atoms with E-state index in [0.717, 1.165) is 22.6 Å². The average molecular weight is 500 g/mol. The fourth-order valence-electron chi connectivity index (χ4n) is 3.47. The van der Waals surface area contributed by atoms with Crippen molar-refractivity contribution in [2.45, 2.75) is 17.5 Å². The summed E-state index contributed by atoms with van der Waals surface area (Å²) in [5, 5.41) is 9.54. The first-order valence-electron chi connectivity index (χ1n) is 10.5. The molecular formula is C25H23F2N3O4S. The van der Waals surface area contributed by atoms with Crippen LogP contribution in [0.3, 0.4) is 0 Å². The number of benzene rings is 3. The van der Waals surface area contributed by atoms with Crippen molar-refractivity contribution in [1.29, 1.82) is 0 Å². The average Bonchev–Trinajstić information content (AvgIpc) is 3.31. The summed E-state index contributed by atoms with van der Waals surface area (Å²) in [7, 11) is 4.63. The van der Waals surface area contributed by atoms with Gasteiger partial charge in [-0.15, -0.1) is 10.2 Å². The minimum Gasteiger partial charge on any atom is -0.497 e. The lowest BCUT2D eigenvalue weighted by molar-refractivity contribution is -0.0512. The zero-order chi connectivity index (χ0) is 24.8. The molecule has 4 rings (SSSR count). The number of hydrogen-bond donors (Lipinski definition) is 0. The number of thioether (sulfide) groups is 1. The first-order chi connectivity index (χ1) is 17.0. The predicted molar refractivity (Wildman–Crippen MR) is 129 cm³/mol. The van der Waals surface area contributed by atoms with Gasteiger partial charge in [-0.25, -0.2) is 0 Å². The molecule has 0 aliphatic rings. The molecule has 0 fully saturated rings. The molecule has 0 spiro atoms. The number of nitrogens with zero attached hydrogens (tertiary/aromatic N) is 3. The molecule has 0 atom stereocenters. The quantitative estimate of drug-likeness (QED) is 0.253. The van der Waals surface area contributed by atoms with Crippen LogP contribution in [0.1, 0.15) is 5.56 Å². The summed E-state index contributed by atoms with van der Waals surface area (Å²) in [5.74, 6) is 2.73. The van der Waals surface area contributed by atoms with Crippen LogP contribution in [-0.4, -0.2) is 42.7 Å². The van der Waals surface area contributed by atoms with Gasteiger partial charge in [0.25, 0.3) is 0 Å². The Bertz CT molecular complexity index is 1280. The van der Waals surface area contributed by atoms with Crippen molar-refractivity contribution in [3.63, 3.8) is 0 Å². The van der Waals surface area contributed by atoms with Gasteiger partial charge in [-0.05, 0) is 54.1 Å². The van der Waals surface area contributed by atoms with Gasteiger partial charge in [-0.2, -0.15) is 8.78 Å². The molecule has 1 heterocycles. The lowest BCUT2D eigenvalue weighted by atomic mass is 10.2. The van der Waals surface area contributed by atoms with E-state index in [0.29, 0.717) is 22.5 Å². The van der Waals surface area contributed by atoms with Crippen LogP contribution >= 0.6 is 11.8 Å². The Balaban J connectivity index is 1.69. The lowest BCUT2D eigenvalue weighted by Gasteiger charge is -2.13. The van der Waals surface area contributed by atoms with E-state index in [9.17, 15) is 8.78 Å². The minimum atomic E-state index is -2.93. The Hall–Kier alpha value is -3.79. The summed E-state index contributed by atoms with van der Waals surface area (Å²) < 4.78 is 47.8. The summed E-state index contributed by atoms with van der Waals surface area (Å²) in [6, 6.07) is 20.0. The second-order valence-electron chi connectivity index (χ2n) is 7.19. The molecule has 0 aliphatic carbocycles. The highest BCUT2D eigenvalue weighted by Crippen LogP contribution is 2.36. The standard InChI is InChI=1S/C25H23F2N3O4S/c1-31-18-11-9-17(10-12-18)30-23(19-6-4-5-7-20(19)32-2)28-29-25(30)35-15-16-8-13-21(34-24(26)27)22(14-16)33-3/h4-14,24H,15H2,1-3H3. The number of rotatable bonds is 10. The van der Waals surface area contributed by atoms with Crippen LogP contribution in [-0.2, 0) is 5.75 Å². The normalized spacial score (nSPS) is 10.9. The third kappa shape index (κ3) is 5.48. The molecule has 3 aromatic carbocycles. The third-order valence-corrected chi connectivity index (χ3v) is 6.12. The molecule has 4 aromatic rings. The molecule has 0 aliphatic heterocycles. The summed E-state index contributed by atoms with van der Waals surface area (Å²) in [5.41, 5.74) is 2.48. The van der Waals surface area contributed by atoms with E-state index in [4.69, 9.17) is 14.2 Å². The molecule has 7 nitrogen and oxygen atoms in total. The predicted octanol–water partition coefficient (Wildman–Crippen LogP) is 5.85. The Kier molecular flexibility index (Phi) is 7.71. The monoisotopic (exact) mass is 499 g/mol. The smallest absolute Gasteiger partial charge is 0.387 e. The van der Waals surface area contributed by atoms with Crippen LogP contribution < -0.4 is 18.9 Å². The molecule has 0 unspecified atom stereocenters. The second-order valence-corrected chi connectivity index (χ2v) is 8.13. The van der Waals surface area contributed by atoms with Gasteiger partial charge in [-0.1, -0.05) is 30.0 Å². The second kappa shape index (κ2) is 11.1. The van der Waals surface area contributed by atoms with Crippen LogP contribution in [0.25, 0.3) is 17.1 Å². The zero-order valence-electron chi connectivity index (χ0n) is 19.3. The summed E-state index contributed by atoms with van der Waals surface area (Å²) in [4.78, 5) is 0. The highest BCUT2D eigenvalue weighted by atomic mass is 32.2. The zero-order valence-corrected chi connectivity index (χ0v) is 20.1. The molecule has 35 heavy (non-hydrogen) atoms. The number of aromatic nitrogens is 3. The van der Waals surface area contributed by atoms with E-state index in [-0.39, 0.29) is 11.5 Å². The third-order valence-electron chi connectivity index (χ3n) is 5.12. The summed E-state index contributed by atoms with van der Waals surface area (Å²) in [6.45, 7) is -2.93. The van der Waals surface area contributed by atoms with Crippen molar-refractivity contribution in [3.8, 4) is 40.1 Å². The number of ether oxygens (including phenoxy) is 4. The van der Waals surface area contributed by atoms with Gasteiger partial charge in [0.2, 0.25) is 0 Å². The van der Waals surface area contributed by atoms with Gasteiger partial charge in [-0.3, -0.25) is 4.57 Å². The number of halogens is 2. The number of alkyl halides is 2. The van der Waals surface area contributed by atoms with Gasteiger partial charge < -0.3 is 18.9 Å². The first kappa shape index (κ1) is 24.3. The van der Waals surface area contributed by atoms with Crippen molar-refractivity contribution in [1.82, 2.24) is 14.8 Å². The van der Waals surface area contributed by atoms with Crippen molar-refractivity contribution in [2.24, 2.45) is 0 Å². The Labute approximate surface area is 205 Å². The molecule has 0 saturated heterocycles. The first-order valence-corrected chi connectivity index (χ1v) is 11.5. The van der Waals surface area contributed by atoms with Crippen LogP contribution in [0.5, 0.6) is 23.0 Å². The number of para-hydroxylation sites is 1. The largest absolute Gasteiger partial charge is 0.497 e. The number of hydrogen-bond acceptors (Lipinski definition) is 7. The molecule has 0 radical (unpaired) electrons. The Morgan fingerprint density at radius 3 is 2.26 bits per heavy atom. The van der Waals surface area contributed by atoms with Crippen LogP contribution in [0.2, 0.25) is 0 Å². The molecule has 0 bridgehead atoms. The fourth-order valence-corrected chi connectivity index (χ4v) is 4.37. The molecule has 182 valence electrons. The van der Waals surface area contributed by atoms with E-state index < -0.39 is 6.61 Å². The van der Waals surface area contributed by atoms with E-state index in [1.54, 1.807) is 26.4 Å². The van der Waals surface area contributed by atoms with E-state index in [1.807, 2.05) is 53.1 Å². The van der Waals surface area contributed by atoms with Crippen LogP contribution in [0, 0.1) is 0 Å². The Morgan fingerprint density at radius 1 is 0.829 bits per heavy atom. The van der Waals surface area contributed by atoms with Gasteiger partial charge in [0, 0.05) is 5.75 Å². The maximum absolute atomic E-state index is 12.6. The molecule has 0 saturated carbocycles. The topological polar surface area (TPSA) is 67.6 Å². The van der Waals surface area contributed by atoms with Crippen molar-refractivity contribution < 1.29 is 27.7 Å². The highest BCUT2D eigenvalue weighted by Gasteiger charge is 2.19. The van der Waals surface area contributed by atoms with Crippen molar-refractivity contribution in [3.05, 3.63) is 72.3 Å². The van der Waals surface area contributed by atoms with E-state index in [1.165, 1.54) is 24.9 Å². The number of methoxy groups -OCH3 is 3. The molecular weight excluding hydrogens is 476 g/mol. The Morgan fingerprint density at radius 2 is 1.57 bits per heavy atom. The molecule has 0 amide bonds. The van der Waals surface area contributed by atoms with Gasteiger partial charge >= 0.3 is 6.61 Å². The highest BCUT2D eigenvalue weighted by molar-refractivity contribution is 7.98. The van der Waals surface area contributed by atoms with Crippen molar-refractivity contribution in [2.75, 3.05) is 21.3 Å². The lowest BCUT2D eigenvalue weighted by Crippen LogP contribution is -2.04. The summed E-state index contributed by atoms with van der Waals surface area (Å²) >= 11 is 1.45. The van der Waals surface area contributed by atoms with Gasteiger partial charge in [0.05, 0.1) is 32.6 Å². The molecule has 1 aromatic heterocycles. The van der Waals surface area contributed by atoms with Crippen LogP contribution in [0.4, 0.5) is 8.78 Å². The van der Waals surface area contributed by atoms with E-state index >= 15 is 0 Å². The van der Waals surface area contributed by atoms with Crippen molar-refractivity contribution >= 4 is 11.8 Å². The SMILES string of the molecule is COc1ccc(-n2c(SCc3ccc(OC(F)F)c(OC)c3)nnc2-c2ccccc2OC)cc1.